The van der Waals surface area contributed by atoms with Gasteiger partial charge in [-0.15, -0.1) is 0 Å². The third-order valence-corrected chi connectivity index (χ3v) is 5.30. The lowest BCUT2D eigenvalue weighted by Gasteiger charge is -2.33. The van der Waals surface area contributed by atoms with Gasteiger partial charge < -0.3 is 10.2 Å². The monoisotopic (exact) mass is 350 g/mol. The molecule has 0 aromatic heterocycles. The number of hydrogen-bond donors (Lipinski definition) is 1. The van der Waals surface area contributed by atoms with Crippen molar-refractivity contribution in [2.45, 2.75) is 44.9 Å². The molecule has 1 N–H and O–H groups in total. The maximum atomic E-state index is 13.2. The van der Waals surface area contributed by atoms with E-state index in [9.17, 15) is 18.4 Å². The Balaban J connectivity index is 1.50. The van der Waals surface area contributed by atoms with Crippen LogP contribution in [0.1, 0.15) is 44.9 Å². The first-order valence-corrected chi connectivity index (χ1v) is 9.09. The smallest absolute Gasteiger partial charge is 0.227 e. The summed E-state index contributed by atoms with van der Waals surface area (Å²) in [6.07, 6.45) is 6.09. The Morgan fingerprint density at radius 3 is 2.20 bits per heavy atom. The van der Waals surface area contributed by atoms with Crippen LogP contribution in [0.3, 0.4) is 0 Å². The van der Waals surface area contributed by atoms with Crippen LogP contribution in [0.4, 0.5) is 14.5 Å². The van der Waals surface area contributed by atoms with Crippen molar-refractivity contribution in [1.29, 1.82) is 0 Å². The zero-order chi connectivity index (χ0) is 17.8. The van der Waals surface area contributed by atoms with E-state index in [-0.39, 0.29) is 29.3 Å². The molecule has 1 aliphatic heterocycles. The van der Waals surface area contributed by atoms with Gasteiger partial charge in [0.2, 0.25) is 11.8 Å². The van der Waals surface area contributed by atoms with Gasteiger partial charge in [-0.3, -0.25) is 9.59 Å². The summed E-state index contributed by atoms with van der Waals surface area (Å²) in [5.74, 6) is -2.03. The lowest BCUT2D eigenvalue weighted by molar-refractivity contribution is -0.138. The minimum atomic E-state index is -0.978. The van der Waals surface area contributed by atoms with Crippen molar-refractivity contribution in [3.8, 4) is 0 Å². The summed E-state index contributed by atoms with van der Waals surface area (Å²) in [6, 6.07) is 3.33. The fourth-order valence-electron chi connectivity index (χ4n) is 3.79. The Bertz CT molecular complexity index is 636. The molecule has 4 nitrogen and oxygen atoms in total. The van der Waals surface area contributed by atoms with Crippen LogP contribution >= 0.6 is 0 Å². The highest BCUT2D eigenvalue weighted by Gasteiger charge is 2.32. The molecule has 0 unspecified atom stereocenters. The van der Waals surface area contributed by atoms with Gasteiger partial charge in [0.25, 0.3) is 0 Å². The molecule has 2 aliphatic rings. The molecule has 1 aromatic carbocycles. The van der Waals surface area contributed by atoms with Crippen LogP contribution in [-0.2, 0) is 9.59 Å². The predicted molar refractivity (Wildman–Crippen MR) is 90.9 cm³/mol. The van der Waals surface area contributed by atoms with E-state index >= 15 is 0 Å². The molecule has 2 fully saturated rings. The average molecular weight is 350 g/mol. The van der Waals surface area contributed by atoms with Crippen LogP contribution in [0.25, 0.3) is 0 Å². The number of nitrogens with one attached hydrogen (secondary N) is 1. The van der Waals surface area contributed by atoms with E-state index in [1.165, 1.54) is 12.5 Å². The van der Waals surface area contributed by atoms with Crippen molar-refractivity contribution in [2.24, 2.45) is 11.8 Å². The van der Waals surface area contributed by atoms with Crippen molar-refractivity contribution in [3.05, 3.63) is 29.8 Å². The van der Waals surface area contributed by atoms with E-state index in [2.05, 4.69) is 5.32 Å². The molecule has 0 atom stereocenters. The van der Waals surface area contributed by atoms with Gasteiger partial charge in [0.15, 0.2) is 11.6 Å². The van der Waals surface area contributed by atoms with Gasteiger partial charge in [0.1, 0.15) is 0 Å². The Labute approximate surface area is 146 Å². The lowest BCUT2D eigenvalue weighted by Crippen LogP contribution is -2.41. The summed E-state index contributed by atoms with van der Waals surface area (Å²) in [5.41, 5.74) is 0.260. The number of halogens is 2. The van der Waals surface area contributed by atoms with Crippen molar-refractivity contribution in [3.63, 3.8) is 0 Å². The first kappa shape index (κ1) is 17.8. The molecule has 136 valence electrons. The van der Waals surface area contributed by atoms with Gasteiger partial charge in [-0.1, -0.05) is 0 Å². The van der Waals surface area contributed by atoms with E-state index in [0.717, 1.165) is 38.1 Å². The van der Waals surface area contributed by atoms with Crippen LogP contribution < -0.4 is 5.32 Å². The topological polar surface area (TPSA) is 49.4 Å². The van der Waals surface area contributed by atoms with E-state index in [1.807, 2.05) is 4.90 Å². The third kappa shape index (κ3) is 4.35. The second-order valence-corrected chi connectivity index (χ2v) is 7.05. The number of benzene rings is 1. The highest BCUT2D eigenvalue weighted by molar-refractivity contribution is 5.92. The molecule has 1 aliphatic carbocycles. The largest absolute Gasteiger partial charge is 0.342 e. The van der Waals surface area contributed by atoms with Crippen molar-refractivity contribution >= 4 is 17.5 Å². The number of likely N-dealkylation sites (tertiary alicyclic amines) is 1. The highest BCUT2D eigenvalue weighted by Crippen LogP contribution is 2.31. The SMILES string of the molecule is O=C(Nc1ccc(F)c(F)c1)C1CCC(C(=O)N2CCCCC2)CC1. The van der Waals surface area contributed by atoms with Gasteiger partial charge in [0.05, 0.1) is 0 Å². The van der Waals surface area contributed by atoms with Crippen LogP contribution in [0.15, 0.2) is 18.2 Å². The number of anilines is 1. The summed E-state index contributed by atoms with van der Waals surface area (Å²) in [7, 11) is 0. The number of carbonyl (C=O) groups excluding carboxylic acids is 2. The quantitative estimate of drug-likeness (QED) is 0.903. The zero-order valence-electron chi connectivity index (χ0n) is 14.3. The molecular weight excluding hydrogens is 326 g/mol. The Kier molecular flexibility index (Phi) is 5.66. The predicted octanol–water partition coefficient (Wildman–Crippen LogP) is 3.72. The number of amides is 2. The Hall–Kier alpha value is -1.98. The molecule has 3 rings (SSSR count). The summed E-state index contributed by atoms with van der Waals surface area (Å²) in [5, 5.41) is 2.65. The minimum absolute atomic E-state index is 0.0189. The van der Waals surface area contributed by atoms with Gasteiger partial charge in [-0.25, -0.2) is 8.78 Å². The molecule has 25 heavy (non-hydrogen) atoms. The van der Waals surface area contributed by atoms with Crippen LogP contribution in [0, 0.1) is 23.5 Å². The molecule has 1 heterocycles. The number of rotatable bonds is 3. The van der Waals surface area contributed by atoms with E-state index in [1.54, 1.807) is 0 Å². The number of piperidine rings is 1. The Morgan fingerprint density at radius 1 is 0.920 bits per heavy atom. The van der Waals surface area contributed by atoms with Crippen molar-refractivity contribution in [1.82, 2.24) is 4.90 Å². The molecule has 2 amide bonds. The van der Waals surface area contributed by atoms with Crippen molar-refractivity contribution < 1.29 is 18.4 Å². The number of nitrogens with zero attached hydrogens (tertiary/aromatic N) is 1. The molecule has 0 radical (unpaired) electrons. The van der Waals surface area contributed by atoms with Gasteiger partial charge >= 0.3 is 0 Å². The molecule has 1 saturated heterocycles. The maximum Gasteiger partial charge on any atom is 0.227 e. The summed E-state index contributed by atoms with van der Waals surface area (Å²) < 4.78 is 26.2. The molecule has 1 saturated carbocycles. The van der Waals surface area contributed by atoms with Crippen molar-refractivity contribution in [2.75, 3.05) is 18.4 Å². The average Bonchev–Trinajstić information content (AvgIpc) is 2.65. The van der Waals surface area contributed by atoms with E-state index in [0.29, 0.717) is 25.7 Å². The fourth-order valence-corrected chi connectivity index (χ4v) is 3.79. The molecule has 0 spiro atoms. The maximum absolute atomic E-state index is 13.2. The number of hydrogen-bond acceptors (Lipinski definition) is 2. The first-order chi connectivity index (χ1) is 12.0. The molecule has 6 heteroatoms. The zero-order valence-corrected chi connectivity index (χ0v) is 14.3. The summed E-state index contributed by atoms with van der Waals surface area (Å²) >= 11 is 0. The van der Waals surface area contributed by atoms with E-state index < -0.39 is 11.6 Å². The Morgan fingerprint density at radius 2 is 1.56 bits per heavy atom. The second kappa shape index (κ2) is 7.93. The first-order valence-electron chi connectivity index (χ1n) is 9.09. The third-order valence-electron chi connectivity index (χ3n) is 5.30. The molecule has 1 aromatic rings. The fraction of sp³-hybridized carbons (Fsp3) is 0.579. The van der Waals surface area contributed by atoms with Gasteiger partial charge in [-0.2, -0.15) is 0 Å². The van der Waals surface area contributed by atoms with Crippen LogP contribution in [0.2, 0.25) is 0 Å². The standard InChI is InChI=1S/C19H24F2N2O2/c20-16-9-8-15(12-17(16)21)22-18(24)13-4-6-14(7-5-13)19(25)23-10-2-1-3-11-23/h8-9,12-14H,1-7,10-11H2,(H,22,24). The highest BCUT2D eigenvalue weighted by atomic mass is 19.2. The number of carbonyl (C=O) groups is 2. The summed E-state index contributed by atoms with van der Waals surface area (Å²) in [6.45, 7) is 1.71. The summed E-state index contributed by atoms with van der Waals surface area (Å²) in [4.78, 5) is 26.8. The van der Waals surface area contributed by atoms with Gasteiger partial charge in [-0.05, 0) is 57.1 Å². The second-order valence-electron chi connectivity index (χ2n) is 7.05. The van der Waals surface area contributed by atoms with Crippen LogP contribution in [0.5, 0.6) is 0 Å². The minimum Gasteiger partial charge on any atom is -0.342 e. The molecular formula is C19H24F2N2O2. The normalized spacial score (nSPS) is 24.0. The molecule has 0 bridgehead atoms. The van der Waals surface area contributed by atoms with Gasteiger partial charge in [0, 0.05) is 36.7 Å². The lowest BCUT2D eigenvalue weighted by atomic mass is 9.80. The van der Waals surface area contributed by atoms with E-state index in [4.69, 9.17) is 0 Å². The van der Waals surface area contributed by atoms with Crippen LogP contribution in [-0.4, -0.2) is 29.8 Å².